The number of hydrogen-bond donors (Lipinski definition) is 1. The molecule has 1 heterocycles. The molecule has 3 nitrogen and oxygen atoms in total. The zero-order valence-corrected chi connectivity index (χ0v) is 13.4. The van der Waals surface area contributed by atoms with E-state index < -0.39 is 0 Å². The number of methoxy groups -OCH3 is 1. The lowest BCUT2D eigenvalue weighted by molar-refractivity contribution is 0.162. The molecule has 0 spiro atoms. The van der Waals surface area contributed by atoms with Crippen LogP contribution in [0.3, 0.4) is 0 Å². The molecule has 1 N–H and O–H groups in total. The summed E-state index contributed by atoms with van der Waals surface area (Å²) in [7, 11) is 1.56. The van der Waals surface area contributed by atoms with Gasteiger partial charge in [-0.1, -0.05) is 6.07 Å². The van der Waals surface area contributed by atoms with Crippen LogP contribution in [0.5, 0.6) is 5.75 Å². The third-order valence-corrected chi connectivity index (χ3v) is 4.26. The maximum atomic E-state index is 14.1. The topological polar surface area (TPSA) is 24.5 Å². The number of ether oxygens (including phenoxy) is 1. The molecule has 1 atom stereocenters. The fraction of sp³-hybridized carbons (Fsp3) is 0.647. The third kappa shape index (κ3) is 4.68. The molecule has 0 bridgehead atoms. The largest absolute Gasteiger partial charge is 0.497 e. The van der Waals surface area contributed by atoms with Gasteiger partial charge < -0.3 is 10.1 Å². The van der Waals surface area contributed by atoms with Gasteiger partial charge in [0.25, 0.3) is 0 Å². The minimum atomic E-state index is -0.179. The van der Waals surface area contributed by atoms with Gasteiger partial charge in [-0.3, -0.25) is 4.90 Å². The normalized spacial score (nSPS) is 19.2. The fourth-order valence-corrected chi connectivity index (χ4v) is 2.87. The highest BCUT2D eigenvalue weighted by Gasteiger charge is 2.20. The summed E-state index contributed by atoms with van der Waals surface area (Å²) in [5, 5.41) is 3.45. The molecule has 0 aromatic heterocycles. The standard InChI is InChI=1S/C17H27FN2O/c1-13(2)20(11-14-5-4-8-19-10-14)12-15-6-7-16(21-3)9-17(15)18/h6-7,9,13-14,19H,4-5,8,10-12H2,1-3H3. The van der Waals surface area contributed by atoms with Crippen LogP contribution in [-0.2, 0) is 6.54 Å². The summed E-state index contributed by atoms with van der Waals surface area (Å²) < 4.78 is 19.2. The lowest BCUT2D eigenvalue weighted by Crippen LogP contribution is -2.40. The van der Waals surface area contributed by atoms with E-state index in [4.69, 9.17) is 4.74 Å². The van der Waals surface area contributed by atoms with Crippen LogP contribution in [0, 0.1) is 11.7 Å². The highest BCUT2D eigenvalue weighted by Crippen LogP contribution is 2.20. The molecule has 21 heavy (non-hydrogen) atoms. The van der Waals surface area contributed by atoms with Gasteiger partial charge in [-0.25, -0.2) is 4.39 Å². The van der Waals surface area contributed by atoms with Crippen molar-refractivity contribution in [1.29, 1.82) is 0 Å². The Labute approximate surface area is 127 Å². The first-order valence-electron chi connectivity index (χ1n) is 7.87. The Morgan fingerprint density at radius 2 is 2.24 bits per heavy atom. The van der Waals surface area contributed by atoms with Crippen LogP contribution in [0.25, 0.3) is 0 Å². The molecule has 4 heteroatoms. The zero-order chi connectivity index (χ0) is 15.2. The molecular formula is C17H27FN2O. The number of piperidine rings is 1. The van der Waals surface area contributed by atoms with Gasteiger partial charge in [0, 0.05) is 30.8 Å². The van der Waals surface area contributed by atoms with Crippen LogP contribution in [-0.4, -0.2) is 37.7 Å². The van der Waals surface area contributed by atoms with Crippen molar-refractivity contribution in [3.05, 3.63) is 29.6 Å². The van der Waals surface area contributed by atoms with Crippen LogP contribution in [0.15, 0.2) is 18.2 Å². The number of nitrogens with zero attached hydrogens (tertiary/aromatic N) is 1. The summed E-state index contributed by atoms with van der Waals surface area (Å²) >= 11 is 0. The first-order valence-corrected chi connectivity index (χ1v) is 7.87. The van der Waals surface area contributed by atoms with Gasteiger partial charge >= 0.3 is 0 Å². The lowest BCUT2D eigenvalue weighted by atomic mass is 9.98. The fourth-order valence-electron chi connectivity index (χ4n) is 2.87. The molecule has 2 rings (SSSR count). The zero-order valence-electron chi connectivity index (χ0n) is 13.4. The predicted octanol–water partition coefficient (Wildman–Crippen LogP) is 3.04. The number of halogens is 1. The number of nitrogens with one attached hydrogen (secondary N) is 1. The number of hydrogen-bond acceptors (Lipinski definition) is 3. The summed E-state index contributed by atoms with van der Waals surface area (Å²) in [4.78, 5) is 2.36. The van der Waals surface area contributed by atoms with Crippen molar-refractivity contribution in [2.24, 2.45) is 5.92 Å². The van der Waals surface area contributed by atoms with Crippen molar-refractivity contribution in [3.63, 3.8) is 0 Å². The van der Waals surface area contributed by atoms with Crippen molar-refractivity contribution < 1.29 is 9.13 Å². The van der Waals surface area contributed by atoms with Gasteiger partial charge in [0.15, 0.2) is 0 Å². The smallest absolute Gasteiger partial charge is 0.131 e. The van der Waals surface area contributed by atoms with E-state index in [-0.39, 0.29) is 5.82 Å². The summed E-state index contributed by atoms with van der Waals surface area (Å²) in [6.07, 6.45) is 2.51. The third-order valence-electron chi connectivity index (χ3n) is 4.26. The summed E-state index contributed by atoms with van der Waals surface area (Å²) in [5.74, 6) is 1.06. The van der Waals surface area contributed by atoms with Crippen LogP contribution < -0.4 is 10.1 Å². The molecule has 1 aliphatic heterocycles. The quantitative estimate of drug-likeness (QED) is 0.873. The molecule has 0 radical (unpaired) electrons. The van der Waals surface area contributed by atoms with Crippen LogP contribution in [0.4, 0.5) is 4.39 Å². The first-order chi connectivity index (χ1) is 10.1. The molecule has 1 aromatic carbocycles. The van der Waals surface area contributed by atoms with E-state index in [0.29, 0.717) is 24.3 Å². The Balaban J connectivity index is 2.01. The minimum absolute atomic E-state index is 0.179. The highest BCUT2D eigenvalue weighted by atomic mass is 19.1. The maximum Gasteiger partial charge on any atom is 0.131 e. The molecule has 1 saturated heterocycles. The average Bonchev–Trinajstić information content (AvgIpc) is 2.49. The molecule has 0 amide bonds. The Morgan fingerprint density at radius 3 is 2.81 bits per heavy atom. The molecule has 1 fully saturated rings. The monoisotopic (exact) mass is 294 g/mol. The average molecular weight is 294 g/mol. The van der Waals surface area contributed by atoms with Gasteiger partial charge in [-0.05, 0) is 51.8 Å². The van der Waals surface area contributed by atoms with Crippen molar-refractivity contribution in [1.82, 2.24) is 10.2 Å². The van der Waals surface area contributed by atoms with E-state index in [9.17, 15) is 4.39 Å². The molecule has 1 aliphatic rings. The number of rotatable bonds is 6. The van der Waals surface area contributed by atoms with Crippen LogP contribution in [0.1, 0.15) is 32.3 Å². The Hall–Kier alpha value is -1.13. The van der Waals surface area contributed by atoms with Crippen molar-refractivity contribution in [2.75, 3.05) is 26.7 Å². The maximum absolute atomic E-state index is 14.1. The van der Waals surface area contributed by atoms with E-state index in [1.807, 2.05) is 12.1 Å². The predicted molar refractivity (Wildman–Crippen MR) is 84.1 cm³/mol. The second-order valence-electron chi connectivity index (χ2n) is 6.19. The SMILES string of the molecule is COc1ccc(CN(CC2CCCNC2)C(C)C)c(F)c1. The molecule has 1 unspecified atom stereocenters. The Bertz CT molecular complexity index is 444. The minimum Gasteiger partial charge on any atom is -0.497 e. The van der Waals surface area contributed by atoms with Crippen molar-refractivity contribution >= 4 is 0 Å². The summed E-state index contributed by atoms with van der Waals surface area (Å²) in [6, 6.07) is 5.55. The Kier molecular flexibility index (Phi) is 6.00. The van der Waals surface area contributed by atoms with E-state index in [0.717, 1.165) is 25.2 Å². The second kappa shape index (κ2) is 7.76. The molecule has 0 aliphatic carbocycles. The number of benzene rings is 1. The molecule has 1 aromatic rings. The summed E-state index contributed by atoms with van der Waals surface area (Å²) in [6.45, 7) is 8.25. The Morgan fingerprint density at radius 1 is 1.43 bits per heavy atom. The second-order valence-corrected chi connectivity index (χ2v) is 6.19. The molecular weight excluding hydrogens is 267 g/mol. The highest BCUT2D eigenvalue weighted by molar-refractivity contribution is 5.28. The first kappa shape index (κ1) is 16.2. The van der Waals surface area contributed by atoms with E-state index >= 15 is 0 Å². The van der Waals surface area contributed by atoms with Crippen molar-refractivity contribution in [3.8, 4) is 5.75 Å². The van der Waals surface area contributed by atoms with E-state index in [2.05, 4.69) is 24.1 Å². The molecule has 118 valence electrons. The van der Waals surface area contributed by atoms with Gasteiger partial charge in [0.05, 0.1) is 7.11 Å². The van der Waals surface area contributed by atoms with Crippen molar-refractivity contribution in [2.45, 2.75) is 39.3 Å². The molecule has 0 saturated carbocycles. The van der Waals surface area contributed by atoms with E-state index in [1.54, 1.807) is 7.11 Å². The van der Waals surface area contributed by atoms with Crippen LogP contribution in [0.2, 0.25) is 0 Å². The van der Waals surface area contributed by atoms with Gasteiger partial charge in [0.2, 0.25) is 0 Å². The van der Waals surface area contributed by atoms with E-state index in [1.165, 1.54) is 18.9 Å². The van der Waals surface area contributed by atoms with Crippen LogP contribution >= 0.6 is 0 Å². The summed E-state index contributed by atoms with van der Waals surface area (Å²) in [5.41, 5.74) is 0.744. The lowest BCUT2D eigenvalue weighted by Gasteiger charge is -2.33. The van der Waals surface area contributed by atoms with Gasteiger partial charge in [0.1, 0.15) is 11.6 Å². The van der Waals surface area contributed by atoms with Gasteiger partial charge in [-0.2, -0.15) is 0 Å². The van der Waals surface area contributed by atoms with Gasteiger partial charge in [-0.15, -0.1) is 0 Å².